The van der Waals surface area contributed by atoms with Crippen molar-refractivity contribution < 1.29 is 13.2 Å². The second kappa shape index (κ2) is 7.14. The Morgan fingerprint density at radius 3 is 2.33 bits per heavy atom. The number of benzene rings is 1. The van der Waals surface area contributed by atoms with Crippen LogP contribution < -0.4 is 10.5 Å². The van der Waals surface area contributed by atoms with Crippen LogP contribution in [-0.2, 0) is 10.0 Å². The van der Waals surface area contributed by atoms with Crippen LogP contribution in [0.2, 0.25) is 0 Å². The summed E-state index contributed by atoms with van der Waals surface area (Å²) < 4.78 is 24.3. The third-order valence-electron chi connectivity index (χ3n) is 3.83. The van der Waals surface area contributed by atoms with Crippen LogP contribution in [0.25, 0.3) is 0 Å². The van der Waals surface area contributed by atoms with Crippen LogP contribution in [0.15, 0.2) is 35.2 Å². The lowest BCUT2D eigenvalue weighted by molar-refractivity contribution is 0.102. The molecule has 7 nitrogen and oxygen atoms in total. The van der Waals surface area contributed by atoms with Gasteiger partial charge in [-0.2, -0.15) is 5.10 Å². The molecule has 1 aromatic carbocycles. The van der Waals surface area contributed by atoms with Gasteiger partial charge in [-0.3, -0.25) is 4.79 Å². The van der Waals surface area contributed by atoms with Crippen LogP contribution in [0.1, 0.15) is 48.8 Å². The Morgan fingerprint density at radius 2 is 1.83 bits per heavy atom. The van der Waals surface area contributed by atoms with Crippen molar-refractivity contribution in [2.24, 2.45) is 5.14 Å². The van der Waals surface area contributed by atoms with Crippen LogP contribution in [0.4, 0.5) is 5.82 Å². The van der Waals surface area contributed by atoms with Crippen LogP contribution in [-0.4, -0.2) is 24.1 Å². The van der Waals surface area contributed by atoms with Gasteiger partial charge in [0, 0.05) is 11.6 Å². The lowest BCUT2D eigenvalue weighted by Gasteiger charge is -2.17. The summed E-state index contributed by atoms with van der Waals surface area (Å²) in [4.78, 5) is 12.4. The minimum absolute atomic E-state index is 0.0306. The summed E-state index contributed by atoms with van der Waals surface area (Å²) >= 11 is 0. The number of amides is 1. The molecule has 1 aromatic heterocycles. The van der Waals surface area contributed by atoms with Crippen molar-refractivity contribution >= 4 is 21.7 Å². The third-order valence-corrected chi connectivity index (χ3v) is 4.76. The molecule has 0 unspecified atom stereocenters. The van der Waals surface area contributed by atoms with E-state index in [1.165, 1.54) is 24.3 Å². The number of nitrogens with zero attached hydrogens (tertiary/aromatic N) is 2. The van der Waals surface area contributed by atoms with E-state index in [9.17, 15) is 13.2 Å². The van der Waals surface area contributed by atoms with E-state index in [4.69, 9.17) is 5.14 Å². The Balaban J connectivity index is 2.24. The van der Waals surface area contributed by atoms with Gasteiger partial charge in [0.1, 0.15) is 5.82 Å². The van der Waals surface area contributed by atoms with Crippen molar-refractivity contribution in [3.05, 3.63) is 41.6 Å². The summed E-state index contributed by atoms with van der Waals surface area (Å²) in [5.74, 6) is 0.296. The van der Waals surface area contributed by atoms with Gasteiger partial charge in [-0.15, -0.1) is 0 Å². The highest BCUT2D eigenvalue weighted by Crippen LogP contribution is 2.22. The molecule has 0 aliphatic carbocycles. The number of aromatic nitrogens is 2. The van der Waals surface area contributed by atoms with E-state index in [1.54, 1.807) is 0 Å². The number of rotatable bonds is 6. The maximum Gasteiger partial charge on any atom is 0.256 e. The smallest absolute Gasteiger partial charge is 0.256 e. The van der Waals surface area contributed by atoms with Crippen molar-refractivity contribution in [3.8, 4) is 0 Å². The lowest BCUT2D eigenvalue weighted by atomic mass is 10.2. The molecule has 0 fully saturated rings. The molecule has 0 bridgehead atoms. The van der Waals surface area contributed by atoms with Gasteiger partial charge in [0.25, 0.3) is 5.91 Å². The molecule has 0 saturated carbocycles. The van der Waals surface area contributed by atoms with Crippen molar-refractivity contribution in [3.63, 3.8) is 0 Å². The molecule has 2 aromatic rings. The highest BCUT2D eigenvalue weighted by molar-refractivity contribution is 7.89. The summed E-state index contributed by atoms with van der Waals surface area (Å²) in [6, 6.07) is 7.51. The van der Waals surface area contributed by atoms with E-state index in [2.05, 4.69) is 24.3 Å². The fourth-order valence-corrected chi connectivity index (χ4v) is 3.02. The van der Waals surface area contributed by atoms with Gasteiger partial charge in [0.2, 0.25) is 10.0 Å². The van der Waals surface area contributed by atoms with Gasteiger partial charge in [-0.1, -0.05) is 13.8 Å². The van der Waals surface area contributed by atoms with Gasteiger partial charge in [-0.25, -0.2) is 18.2 Å². The van der Waals surface area contributed by atoms with Crippen molar-refractivity contribution in [2.45, 2.75) is 44.6 Å². The predicted octanol–water partition coefficient (Wildman–Crippen LogP) is 2.45. The highest BCUT2D eigenvalue weighted by Gasteiger charge is 2.16. The quantitative estimate of drug-likeness (QED) is 0.834. The molecule has 8 heteroatoms. The lowest BCUT2D eigenvalue weighted by Crippen LogP contribution is -2.18. The number of hydrogen-bond acceptors (Lipinski definition) is 4. The first-order valence-electron chi connectivity index (χ1n) is 7.76. The first-order valence-corrected chi connectivity index (χ1v) is 9.31. The van der Waals surface area contributed by atoms with Crippen LogP contribution in [0, 0.1) is 6.92 Å². The third kappa shape index (κ3) is 4.01. The minimum atomic E-state index is -3.77. The summed E-state index contributed by atoms with van der Waals surface area (Å²) in [7, 11) is -3.77. The molecule has 3 N–H and O–H groups in total. The van der Waals surface area contributed by atoms with E-state index in [-0.39, 0.29) is 16.8 Å². The van der Waals surface area contributed by atoms with E-state index in [0.717, 1.165) is 18.5 Å². The fourth-order valence-electron chi connectivity index (χ4n) is 2.51. The van der Waals surface area contributed by atoms with Crippen molar-refractivity contribution in [2.75, 3.05) is 5.32 Å². The Bertz CT molecular complexity index is 822. The number of aryl methyl sites for hydroxylation is 1. The van der Waals surface area contributed by atoms with E-state index >= 15 is 0 Å². The molecule has 1 heterocycles. The maximum atomic E-state index is 12.4. The molecule has 130 valence electrons. The Labute approximate surface area is 141 Å². The van der Waals surface area contributed by atoms with Crippen LogP contribution >= 0.6 is 0 Å². The van der Waals surface area contributed by atoms with Gasteiger partial charge in [0.05, 0.1) is 16.6 Å². The molecular weight excluding hydrogens is 328 g/mol. The summed E-state index contributed by atoms with van der Waals surface area (Å²) in [6.45, 7) is 6.01. The van der Waals surface area contributed by atoms with Gasteiger partial charge >= 0.3 is 0 Å². The molecule has 24 heavy (non-hydrogen) atoms. The average molecular weight is 350 g/mol. The zero-order valence-corrected chi connectivity index (χ0v) is 14.8. The number of primary sulfonamides is 1. The molecule has 1 amide bonds. The molecule has 2 rings (SSSR count). The SMILES string of the molecule is CCC(CC)n1nc(C)cc1NC(=O)c1ccc(S(N)(=O)=O)cc1. The molecule has 0 radical (unpaired) electrons. The molecule has 0 saturated heterocycles. The Hall–Kier alpha value is -2.19. The van der Waals surface area contributed by atoms with E-state index in [1.807, 2.05) is 17.7 Å². The largest absolute Gasteiger partial charge is 0.307 e. The van der Waals surface area contributed by atoms with Crippen molar-refractivity contribution in [1.82, 2.24) is 9.78 Å². The first-order chi connectivity index (χ1) is 11.3. The number of carbonyl (C=O) groups is 1. The molecule has 0 aliphatic rings. The first kappa shape index (κ1) is 18.2. The maximum absolute atomic E-state index is 12.4. The van der Waals surface area contributed by atoms with E-state index < -0.39 is 10.0 Å². The minimum Gasteiger partial charge on any atom is -0.307 e. The summed E-state index contributed by atoms with van der Waals surface area (Å²) in [6.07, 6.45) is 1.81. The number of carbonyl (C=O) groups excluding carboxylic acids is 1. The standard InChI is InChI=1S/C16H22N4O3S/c1-4-13(5-2)20-15(10-11(3)19-20)18-16(21)12-6-8-14(9-7-12)24(17,22)23/h6-10,13H,4-5H2,1-3H3,(H,18,21)(H2,17,22,23). The number of nitrogens with two attached hydrogens (primary N) is 1. The zero-order chi connectivity index (χ0) is 17.9. The Morgan fingerprint density at radius 1 is 1.25 bits per heavy atom. The predicted molar refractivity (Wildman–Crippen MR) is 92.4 cm³/mol. The van der Waals surface area contributed by atoms with Crippen molar-refractivity contribution in [1.29, 1.82) is 0 Å². The summed E-state index contributed by atoms with van der Waals surface area (Å²) in [5.41, 5.74) is 1.17. The molecule has 0 aliphatic heterocycles. The van der Waals surface area contributed by atoms with Gasteiger partial charge in [0.15, 0.2) is 0 Å². The Kier molecular flexibility index (Phi) is 5.40. The molecular formula is C16H22N4O3S. The topological polar surface area (TPSA) is 107 Å². The number of hydrogen-bond donors (Lipinski definition) is 2. The normalized spacial score (nSPS) is 11.7. The number of sulfonamides is 1. The zero-order valence-electron chi connectivity index (χ0n) is 14.0. The number of anilines is 1. The molecule has 0 atom stereocenters. The van der Waals surface area contributed by atoms with E-state index in [0.29, 0.717) is 11.4 Å². The van der Waals surface area contributed by atoms with Gasteiger partial charge in [-0.05, 0) is 44.0 Å². The highest BCUT2D eigenvalue weighted by atomic mass is 32.2. The van der Waals surface area contributed by atoms with Crippen LogP contribution in [0.3, 0.4) is 0 Å². The molecule has 0 spiro atoms. The second-order valence-corrected chi connectivity index (χ2v) is 7.17. The summed E-state index contributed by atoms with van der Waals surface area (Å²) in [5, 5.41) is 12.3. The number of nitrogens with one attached hydrogen (secondary N) is 1. The monoisotopic (exact) mass is 350 g/mol. The average Bonchev–Trinajstić information content (AvgIpc) is 2.88. The van der Waals surface area contributed by atoms with Gasteiger partial charge < -0.3 is 5.32 Å². The van der Waals surface area contributed by atoms with Crippen LogP contribution in [0.5, 0.6) is 0 Å². The second-order valence-electron chi connectivity index (χ2n) is 5.61. The fraction of sp³-hybridized carbons (Fsp3) is 0.375.